The number of aromatic nitrogens is 2. The van der Waals surface area contributed by atoms with E-state index in [0.29, 0.717) is 5.56 Å². The van der Waals surface area contributed by atoms with Crippen molar-refractivity contribution in [2.75, 3.05) is 6.61 Å². The number of nitrogens with zero attached hydrogens (tertiary/aromatic N) is 5. The third kappa shape index (κ3) is 2.82. The number of aliphatic hydroxyl groups excluding tert-OH is 1. The largest absolute Gasteiger partial charge is 0.394 e. The van der Waals surface area contributed by atoms with Gasteiger partial charge in [-0.2, -0.15) is 0 Å². The molecule has 1 aromatic heterocycles. The van der Waals surface area contributed by atoms with Crippen LogP contribution in [0.3, 0.4) is 0 Å². The van der Waals surface area contributed by atoms with Crippen LogP contribution in [0.5, 0.6) is 0 Å². The summed E-state index contributed by atoms with van der Waals surface area (Å²) in [6, 6.07) is -0.563. The lowest BCUT2D eigenvalue weighted by Gasteiger charge is -2.17. The molecule has 0 aliphatic carbocycles. The molecule has 2 rings (SSSR count). The van der Waals surface area contributed by atoms with Crippen LogP contribution in [-0.4, -0.2) is 33.0 Å². The van der Waals surface area contributed by atoms with Crippen molar-refractivity contribution in [2.45, 2.75) is 38.3 Å². The van der Waals surface area contributed by atoms with Crippen LogP contribution in [0, 0.1) is 6.92 Å². The number of ether oxygens (including phenoxy) is 1. The molecule has 0 amide bonds. The molecule has 1 aliphatic rings. The number of hydrogen-bond acceptors (Lipinski definition) is 5. The molecule has 0 aromatic carbocycles. The summed E-state index contributed by atoms with van der Waals surface area (Å²) in [5.41, 5.74) is 8.02. The van der Waals surface area contributed by atoms with Gasteiger partial charge >= 0.3 is 5.69 Å². The highest BCUT2D eigenvalue weighted by Crippen LogP contribution is 2.29. The first kappa shape index (κ1) is 16.0. The molecule has 1 N–H and O–H groups in total. The summed E-state index contributed by atoms with van der Waals surface area (Å²) in [6.45, 7) is 4.90. The van der Waals surface area contributed by atoms with Crippen molar-refractivity contribution in [1.29, 1.82) is 0 Å². The number of allylic oxidation sites excluding steroid dienone is 1. The maximum Gasteiger partial charge on any atom is 0.333 e. The Kier molecular flexibility index (Phi) is 4.81. The minimum absolute atomic E-state index is 0.0925. The summed E-state index contributed by atoms with van der Waals surface area (Å²) < 4.78 is 7.92. The first-order chi connectivity index (χ1) is 10.5. The summed E-state index contributed by atoms with van der Waals surface area (Å²) in [5, 5.41) is 12.8. The van der Waals surface area contributed by atoms with Crippen molar-refractivity contribution in [2.24, 2.45) is 5.11 Å². The SMILES string of the molecule is C=CCn1c(=O)c(C)cn([C@H]2C[C@H](N=[N+]=[N-])[C@@H](CO)O2)c1=O. The zero-order chi connectivity index (χ0) is 16.3. The molecule has 22 heavy (non-hydrogen) atoms. The summed E-state index contributed by atoms with van der Waals surface area (Å²) >= 11 is 0. The van der Waals surface area contributed by atoms with Gasteiger partial charge in [-0.05, 0) is 12.5 Å². The molecule has 0 bridgehead atoms. The van der Waals surface area contributed by atoms with Gasteiger partial charge in [0.1, 0.15) is 6.23 Å². The fourth-order valence-electron chi connectivity index (χ4n) is 2.49. The second kappa shape index (κ2) is 6.61. The maximum atomic E-state index is 12.4. The molecular weight excluding hydrogens is 290 g/mol. The van der Waals surface area contributed by atoms with E-state index in [0.717, 1.165) is 4.57 Å². The van der Waals surface area contributed by atoms with E-state index >= 15 is 0 Å². The van der Waals surface area contributed by atoms with Gasteiger partial charge in [-0.3, -0.25) is 13.9 Å². The molecule has 0 spiro atoms. The quantitative estimate of drug-likeness (QED) is 0.367. The lowest BCUT2D eigenvalue weighted by molar-refractivity contribution is -0.0277. The Morgan fingerprint density at radius 1 is 1.64 bits per heavy atom. The van der Waals surface area contributed by atoms with Crippen LogP contribution in [0.4, 0.5) is 0 Å². The average Bonchev–Trinajstić information content (AvgIpc) is 2.90. The predicted octanol–water partition coefficient (Wildman–Crippen LogP) is 0.463. The van der Waals surface area contributed by atoms with E-state index in [9.17, 15) is 14.7 Å². The Labute approximate surface area is 125 Å². The zero-order valence-corrected chi connectivity index (χ0v) is 12.1. The van der Waals surface area contributed by atoms with Gasteiger partial charge in [0, 0.05) is 29.6 Å². The van der Waals surface area contributed by atoms with Crippen molar-refractivity contribution in [3.05, 3.63) is 55.7 Å². The van der Waals surface area contributed by atoms with Crippen LogP contribution in [0.1, 0.15) is 18.2 Å². The van der Waals surface area contributed by atoms with E-state index in [1.165, 1.54) is 16.8 Å². The Morgan fingerprint density at radius 2 is 2.36 bits per heavy atom. The van der Waals surface area contributed by atoms with Gasteiger partial charge in [-0.1, -0.05) is 11.2 Å². The summed E-state index contributed by atoms with van der Waals surface area (Å²) in [7, 11) is 0. The van der Waals surface area contributed by atoms with Gasteiger partial charge in [-0.25, -0.2) is 4.79 Å². The minimum Gasteiger partial charge on any atom is -0.394 e. The van der Waals surface area contributed by atoms with Crippen molar-refractivity contribution in [3.63, 3.8) is 0 Å². The molecule has 1 aromatic rings. The van der Waals surface area contributed by atoms with Crippen LogP contribution >= 0.6 is 0 Å². The first-order valence-corrected chi connectivity index (χ1v) is 6.77. The zero-order valence-electron chi connectivity index (χ0n) is 12.1. The smallest absolute Gasteiger partial charge is 0.333 e. The molecule has 3 atom stereocenters. The van der Waals surface area contributed by atoms with Crippen LogP contribution in [-0.2, 0) is 11.3 Å². The van der Waals surface area contributed by atoms with E-state index in [2.05, 4.69) is 16.6 Å². The predicted molar refractivity (Wildman–Crippen MR) is 78.4 cm³/mol. The van der Waals surface area contributed by atoms with Gasteiger partial charge < -0.3 is 9.84 Å². The molecule has 1 fully saturated rings. The summed E-state index contributed by atoms with van der Waals surface area (Å²) in [6.07, 6.45) is 1.76. The van der Waals surface area contributed by atoms with Gasteiger partial charge in [0.25, 0.3) is 5.56 Å². The molecule has 1 aliphatic heterocycles. The maximum absolute atomic E-state index is 12.4. The van der Waals surface area contributed by atoms with E-state index in [-0.39, 0.29) is 25.1 Å². The van der Waals surface area contributed by atoms with Gasteiger partial charge in [0.15, 0.2) is 0 Å². The molecule has 0 saturated carbocycles. The van der Waals surface area contributed by atoms with Crippen molar-refractivity contribution < 1.29 is 9.84 Å². The fourth-order valence-corrected chi connectivity index (χ4v) is 2.49. The Morgan fingerprint density at radius 3 is 2.95 bits per heavy atom. The van der Waals surface area contributed by atoms with Crippen molar-refractivity contribution in [3.8, 4) is 0 Å². The van der Waals surface area contributed by atoms with E-state index in [4.69, 9.17) is 10.3 Å². The summed E-state index contributed by atoms with van der Waals surface area (Å²) in [4.78, 5) is 27.1. The number of aliphatic hydroxyl groups is 1. The first-order valence-electron chi connectivity index (χ1n) is 6.77. The number of aryl methyl sites for hydroxylation is 1. The molecule has 1 saturated heterocycles. The summed E-state index contributed by atoms with van der Waals surface area (Å²) in [5.74, 6) is 0. The highest BCUT2D eigenvalue weighted by Gasteiger charge is 2.36. The molecule has 9 nitrogen and oxygen atoms in total. The Bertz CT molecular complexity index is 731. The third-order valence-corrected chi connectivity index (χ3v) is 3.57. The molecule has 0 radical (unpaired) electrons. The Hall–Kier alpha value is -2.35. The fraction of sp³-hybridized carbons (Fsp3) is 0.538. The monoisotopic (exact) mass is 307 g/mol. The van der Waals surface area contributed by atoms with Gasteiger partial charge in [-0.15, -0.1) is 6.58 Å². The second-order valence-corrected chi connectivity index (χ2v) is 5.03. The third-order valence-electron chi connectivity index (χ3n) is 3.57. The van der Waals surface area contributed by atoms with Crippen LogP contribution in [0.15, 0.2) is 33.6 Å². The Balaban J connectivity index is 2.46. The average molecular weight is 307 g/mol. The molecule has 118 valence electrons. The van der Waals surface area contributed by atoms with E-state index in [1.54, 1.807) is 6.92 Å². The highest BCUT2D eigenvalue weighted by atomic mass is 16.5. The van der Waals surface area contributed by atoms with Crippen molar-refractivity contribution >= 4 is 0 Å². The number of rotatable bonds is 5. The van der Waals surface area contributed by atoms with Crippen LogP contribution in [0.25, 0.3) is 10.4 Å². The van der Waals surface area contributed by atoms with Crippen molar-refractivity contribution in [1.82, 2.24) is 9.13 Å². The molecule has 0 unspecified atom stereocenters. The highest BCUT2D eigenvalue weighted by molar-refractivity contribution is 5.05. The van der Waals surface area contributed by atoms with Gasteiger partial charge in [0.2, 0.25) is 0 Å². The van der Waals surface area contributed by atoms with Crippen LogP contribution in [0.2, 0.25) is 0 Å². The lowest BCUT2D eigenvalue weighted by Crippen LogP contribution is -2.41. The second-order valence-electron chi connectivity index (χ2n) is 5.03. The topological polar surface area (TPSA) is 122 Å². The number of azide groups is 1. The normalized spacial score (nSPS) is 24.0. The van der Waals surface area contributed by atoms with E-state index in [1.807, 2.05) is 0 Å². The molecular formula is C13H17N5O4. The van der Waals surface area contributed by atoms with Crippen LogP contribution < -0.4 is 11.2 Å². The van der Waals surface area contributed by atoms with E-state index < -0.39 is 24.1 Å². The minimum atomic E-state index is -0.699. The van der Waals surface area contributed by atoms with Gasteiger partial charge in [0.05, 0.1) is 18.8 Å². The molecule has 2 heterocycles. The standard InChI is InChI=1S/C13H17N5O4/c1-3-4-17-12(20)8(2)6-18(13(17)21)11-5-9(15-16-14)10(7-19)22-11/h3,6,9-11,19H,1,4-5,7H2,2H3/t9-,10+,11+/m0/s1. The molecule has 9 heteroatoms. The lowest BCUT2D eigenvalue weighted by atomic mass is 10.1. The number of hydrogen-bond donors (Lipinski definition) is 1.